The van der Waals surface area contributed by atoms with Crippen LogP contribution >= 0.6 is 27.5 Å². The van der Waals surface area contributed by atoms with E-state index in [0.29, 0.717) is 10.9 Å². The highest BCUT2D eigenvalue weighted by molar-refractivity contribution is 9.08. The summed E-state index contributed by atoms with van der Waals surface area (Å²) >= 11 is 8.66. The molecule has 0 unspecified atom stereocenters. The number of hydrogen-bond donors (Lipinski definition) is 0. The molecule has 0 aliphatic heterocycles. The van der Waals surface area contributed by atoms with Gasteiger partial charge in [0, 0.05) is 11.4 Å². The Morgan fingerprint density at radius 1 is 1.00 bits per heavy atom. The van der Waals surface area contributed by atoms with E-state index in [4.69, 9.17) is 16.3 Å². The monoisotopic (exact) mass is 350 g/mol. The van der Waals surface area contributed by atoms with Gasteiger partial charge >= 0.3 is 0 Å². The molecule has 0 saturated heterocycles. The zero-order valence-corrected chi connectivity index (χ0v) is 11.7. The van der Waals surface area contributed by atoms with Crippen LogP contribution in [0.1, 0.15) is 5.56 Å². The third kappa shape index (κ3) is 3.22. The van der Waals surface area contributed by atoms with Gasteiger partial charge in [-0.3, -0.25) is 0 Å². The van der Waals surface area contributed by atoms with Gasteiger partial charge in [0.1, 0.15) is 11.6 Å². The van der Waals surface area contributed by atoms with E-state index in [-0.39, 0.29) is 10.8 Å². The molecule has 0 N–H and O–H groups in total. The highest BCUT2D eigenvalue weighted by Crippen LogP contribution is 2.31. The molecule has 0 amide bonds. The molecule has 0 radical (unpaired) electrons. The highest BCUT2D eigenvalue weighted by atomic mass is 79.9. The topological polar surface area (TPSA) is 9.23 Å². The largest absolute Gasteiger partial charge is 0.451 e. The quantitative estimate of drug-likeness (QED) is 0.669. The Balaban J connectivity index is 2.35. The molecule has 0 saturated carbocycles. The summed E-state index contributed by atoms with van der Waals surface area (Å²) in [6.45, 7) is 0. The van der Waals surface area contributed by atoms with Crippen LogP contribution in [-0.2, 0) is 5.33 Å². The predicted molar refractivity (Wildman–Crippen MR) is 70.5 cm³/mol. The van der Waals surface area contributed by atoms with Crippen LogP contribution in [0.2, 0.25) is 5.02 Å². The van der Waals surface area contributed by atoms with E-state index >= 15 is 0 Å². The summed E-state index contributed by atoms with van der Waals surface area (Å²) in [6.07, 6.45) is 0. The maximum Gasteiger partial charge on any atom is 0.198 e. The van der Waals surface area contributed by atoms with Crippen molar-refractivity contribution in [2.75, 3.05) is 0 Å². The lowest BCUT2D eigenvalue weighted by molar-refractivity contribution is 0.406. The van der Waals surface area contributed by atoms with Crippen LogP contribution in [-0.4, -0.2) is 0 Å². The fourth-order valence-electron chi connectivity index (χ4n) is 1.45. The zero-order valence-electron chi connectivity index (χ0n) is 9.39. The molecule has 0 aliphatic carbocycles. The second kappa shape index (κ2) is 5.84. The summed E-state index contributed by atoms with van der Waals surface area (Å²) < 4.78 is 45.4. The summed E-state index contributed by atoms with van der Waals surface area (Å²) in [5, 5.41) is 0.138. The first-order valence-corrected chi connectivity index (χ1v) is 6.68. The van der Waals surface area contributed by atoms with Crippen LogP contribution in [0.3, 0.4) is 0 Å². The van der Waals surface area contributed by atoms with Crippen molar-refractivity contribution in [3.05, 3.63) is 58.4 Å². The molecule has 0 aliphatic rings. The molecule has 0 fully saturated rings. The van der Waals surface area contributed by atoms with Gasteiger partial charge in [0.15, 0.2) is 17.4 Å². The van der Waals surface area contributed by atoms with E-state index in [1.165, 1.54) is 6.07 Å². The Morgan fingerprint density at radius 2 is 1.63 bits per heavy atom. The summed E-state index contributed by atoms with van der Waals surface area (Å²) in [5.41, 5.74) is 0.444. The van der Waals surface area contributed by atoms with Crippen molar-refractivity contribution in [3.8, 4) is 11.5 Å². The van der Waals surface area contributed by atoms with E-state index in [1.54, 1.807) is 0 Å². The predicted octanol–water partition coefficient (Wildman–Crippen LogP) is 5.44. The van der Waals surface area contributed by atoms with E-state index in [2.05, 4.69) is 15.9 Å². The van der Waals surface area contributed by atoms with Gasteiger partial charge < -0.3 is 4.74 Å². The molecule has 0 heterocycles. The Kier molecular flexibility index (Phi) is 4.37. The maximum atomic E-state index is 13.7. The minimum absolute atomic E-state index is 0.0517. The number of ether oxygens (including phenoxy) is 1. The summed E-state index contributed by atoms with van der Waals surface area (Å²) in [7, 11) is 0. The number of benzene rings is 2. The van der Waals surface area contributed by atoms with Crippen LogP contribution in [0.5, 0.6) is 11.5 Å². The minimum atomic E-state index is -0.838. The summed E-state index contributed by atoms with van der Waals surface area (Å²) in [6, 6.07) is 5.74. The average Bonchev–Trinajstić information content (AvgIpc) is 2.37. The molecule has 100 valence electrons. The first kappa shape index (κ1) is 14.2. The van der Waals surface area contributed by atoms with Crippen molar-refractivity contribution < 1.29 is 17.9 Å². The van der Waals surface area contributed by atoms with Crippen LogP contribution in [0, 0.1) is 17.5 Å². The molecule has 2 aromatic carbocycles. The standard InChI is InChI=1S/C13H7BrClF3O/c14-6-7-3-11(17)13(12(18)4-7)19-8-1-2-10(16)9(15)5-8/h1-5H,6H2. The smallest absolute Gasteiger partial charge is 0.198 e. The fourth-order valence-corrected chi connectivity index (χ4v) is 1.94. The molecule has 2 aromatic rings. The second-order valence-corrected chi connectivity index (χ2v) is 4.67. The molecule has 0 spiro atoms. The number of halogens is 5. The van der Waals surface area contributed by atoms with Crippen LogP contribution in [0.4, 0.5) is 13.2 Å². The average molecular weight is 352 g/mol. The number of alkyl halides is 1. The van der Waals surface area contributed by atoms with Crippen molar-refractivity contribution in [3.63, 3.8) is 0 Å². The zero-order chi connectivity index (χ0) is 14.0. The Morgan fingerprint density at radius 3 is 2.16 bits per heavy atom. The molecule has 1 nitrogen and oxygen atoms in total. The van der Waals surface area contributed by atoms with Gasteiger partial charge in [0.25, 0.3) is 0 Å². The molecule has 2 rings (SSSR count). The van der Waals surface area contributed by atoms with Crippen LogP contribution in [0.15, 0.2) is 30.3 Å². The molecule has 6 heteroatoms. The van der Waals surface area contributed by atoms with Gasteiger partial charge in [-0.05, 0) is 29.8 Å². The maximum absolute atomic E-state index is 13.7. The lowest BCUT2D eigenvalue weighted by Crippen LogP contribution is -1.95. The second-order valence-electron chi connectivity index (χ2n) is 3.70. The minimum Gasteiger partial charge on any atom is -0.451 e. The van der Waals surface area contributed by atoms with Crippen LogP contribution < -0.4 is 4.74 Å². The van der Waals surface area contributed by atoms with Crippen molar-refractivity contribution in [2.45, 2.75) is 5.33 Å². The van der Waals surface area contributed by atoms with Gasteiger partial charge in [-0.15, -0.1) is 0 Å². The normalized spacial score (nSPS) is 10.6. The van der Waals surface area contributed by atoms with Gasteiger partial charge in [-0.25, -0.2) is 13.2 Å². The molecule has 0 aromatic heterocycles. The van der Waals surface area contributed by atoms with Gasteiger partial charge in [-0.1, -0.05) is 27.5 Å². The summed E-state index contributed by atoms with van der Waals surface area (Å²) in [5.74, 6) is -2.81. The van der Waals surface area contributed by atoms with Crippen molar-refractivity contribution >= 4 is 27.5 Å². The lowest BCUT2D eigenvalue weighted by Gasteiger charge is -2.09. The molecular weight excluding hydrogens is 344 g/mol. The van der Waals surface area contributed by atoms with Gasteiger partial charge in [0.2, 0.25) is 0 Å². The third-order valence-electron chi connectivity index (χ3n) is 2.32. The Bertz CT molecular complexity index is 596. The lowest BCUT2D eigenvalue weighted by atomic mass is 10.2. The van der Waals surface area contributed by atoms with Gasteiger partial charge in [-0.2, -0.15) is 0 Å². The van der Waals surface area contributed by atoms with Crippen molar-refractivity contribution in [1.82, 2.24) is 0 Å². The van der Waals surface area contributed by atoms with Crippen molar-refractivity contribution in [2.24, 2.45) is 0 Å². The summed E-state index contributed by atoms with van der Waals surface area (Å²) in [4.78, 5) is 0. The molecule has 0 atom stereocenters. The highest BCUT2D eigenvalue weighted by Gasteiger charge is 2.14. The van der Waals surface area contributed by atoms with E-state index in [0.717, 1.165) is 24.3 Å². The third-order valence-corrected chi connectivity index (χ3v) is 3.26. The first-order chi connectivity index (χ1) is 9.01. The van der Waals surface area contributed by atoms with Gasteiger partial charge in [0.05, 0.1) is 5.02 Å². The van der Waals surface area contributed by atoms with E-state index in [9.17, 15) is 13.2 Å². The number of rotatable bonds is 3. The number of hydrogen-bond acceptors (Lipinski definition) is 1. The first-order valence-electron chi connectivity index (χ1n) is 5.18. The van der Waals surface area contributed by atoms with Crippen molar-refractivity contribution in [1.29, 1.82) is 0 Å². The van der Waals surface area contributed by atoms with E-state index in [1.807, 2.05) is 0 Å². The molecule has 0 bridgehead atoms. The Hall–Kier alpha value is -1.20. The SMILES string of the molecule is Fc1ccc(Oc2c(F)cc(CBr)cc2F)cc1Cl. The van der Waals surface area contributed by atoms with Crippen LogP contribution in [0.25, 0.3) is 0 Å². The molecular formula is C13H7BrClF3O. The van der Waals surface area contributed by atoms with E-state index < -0.39 is 23.2 Å². The molecule has 19 heavy (non-hydrogen) atoms. The fraction of sp³-hybridized carbons (Fsp3) is 0.0769. The Labute approximate surface area is 121 Å².